The fourth-order valence-electron chi connectivity index (χ4n) is 2.78. The Kier molecular flexibility index (Phi) is 2.93. The zero-order valence-electron chi connectivity index (χ0n) is 10.3. The SMILES string of the molecule is Cc1cc2c(cc1C1CCNCC1)OCCO2. The third kappa shape index (κ3) is 2.12. The topological polar surface area (TPSA) is 30.5 Å². The fourth-order valence-corrected chi connectivity index (χ4v) is 2.78. The van der Waals surface area contributed by atoms with Gasteiger partial charge in [-0.25, -0.2) is 0 Å². The van der Waals surface area contributed by atoms with Crippen LogP contribution in [0.25, 0.3) is 0 Å². The van der Waals surface area contributed by atoms with E-state index in [-0.39, 0.29) is 0 Å². The van der Waals surface area contributed by atoms with E-state index in [9.17, 15) is 0 Å². The summed E-state index contributed by atoms with van der Waals surface area (Å²) in [6, 6.07) is 4.33. The summed E-state index contributed by atoms with van der Waals surface area (Å²) in [5.74, 6) is 2.51. The number of hydrogen-bond acceptors (Lipinski definition) is 3. The average molecular weight is 233 g/mol. The maximum atomic E-state index is 5.67. The number of benzene rings is 1. The molecule has 0 saturated carbocycles. The van der Waals surface area contributed by atoms with Gasteiger partial charge >= 0.3 is 0 Å². The van der Waals surface area contributed by atoms with E-state index in [1.54, 1.807) is 0 Å². The maximum absolute atomic E-state index is 5.67. The van der Waals surface area contributed by atoms with E-state index in [4.69, 9.17) is 9.47 Å². The molecular weight excluding hydrogens is 214 g/mol. The Hall–Kier alpha value is -1.22. The number of piperidine rings is 1. The van der Waals surface area contributed by atoms with Crippen LogP contribution >= 0.6 is 0 Å². The summed E-state index contributed by atoms with van der Waals surface area (Å²) in [5.41, 5.74) is 2.77. The minimum Gasteiger partial charge on any atom is -0.486 e. The lowest BCUT2D eigenvalue weighted by Crippen LogP contribution is -2.27. The highest BCUT2D eigenvalue weighted by molar-refractivity contribution is 5.49. The lowest BCUT2D eigenvalue weighted by molar-refractivity contribution is 0.171. The number of nitrogens with one attached hydrogen (secondary N) is 1. The Morgan fingerprint density at radius 3 is 2.41 bits per heavy atom. The minimum atomic E-state index is 0.666. The number of hydrogen-bond donors (Lipinski definition) is 1. The highest BCUT2D eigenvalue weighted by Gasteiger charge is 2.21. The van der Waals surface area contributed by atoms with Gasteiger partial charge in [0.2, 0.25) is 0 Å². The van der Waals surface area contributed by atoms with Gasteiger partial charge in [0.15, 0.2) is 11.5 Å². The standard InChI is InChI=1S/C14H19NO2/c1-10-8-13-14(17-7-6-16-13)9-12(10)11-2-4-15-5-3-11/h8-9,11,15H,2-7H2,1H3. The Morgan fingerprint density at radius 1 is 1.06 bits per heavy atom. The molecule has 2 aliphatic heterocycles. The van der Waals surface area contributed by atoms with Crippen molar-refractivity contribution in [2.24, 2.45) is 0 Å². The normalized spacial score (nSPS) is 20.3. The van der Waals surface area contributed by atoms with Gasteiger partial charge in [0.1, 0.15) is 13.2 Å². The Morgan fingerprint density at radius 2 is 1.71 bits per heavy atom. The summed E-state index contributed by atoms with van der Waals surface area (Å²) >= 11 is 0. The summed E-state index contributed by atoms with van der Waals surface area (Å²) in [7, 11) is 0. The fraction of sp³-hybridized carbons (Fsp3) is 0.571. The lowest BCUT2D eigenvalue weighted by atomic mass is 9.87. The molecule has 3 nitrogen and oxygen atoms in total. The molecule has 2 heterocycles. The van der Waals surface area contributed by atoms with Crippen LogP contribution in [0.5, 0.6) is 11.5 Å². The molecule has 0 spiro atoms. The molecule has 0 bridgehead atoms. The first-order valence-corrected chi connectivity index (χ1v) is 6.45. The quantitative estimate of drug-likeness (QED) is 0.807. The van der Waals surface area contributed by atoms with E-state index in [0.29, 0.717) is 19.1 Å². The molecule has 1 aromatic rings. The molecule has 0 amide bonds. The van der Waals surface area contributed by atoms with Gasteiger partial charge < -0.3 is 14.8 Å². The van der Waals surface area contributed by atoms with Crippen molar-refractivity contribution in [3.05, 3.63) is 23.3 Å². The third-order valence-electron chi connectivity index (χ3n) is 3.71. The van der Waals surface area contributed by atoms with E-state index in [1.165, 1.54) is 24.0 Å². The number of aryl methyl sites for hydroxylation is 1. The molecule has 1 saturated heterocycles. The predicted octanol–water partition coefficient (Wildman–Crippen LogP) is 2.23. The van der Waals surface area contributed by atoms with Crippen molar-refractivity contribution in [3.8, 4) is 11.5 Å². The van der Waals surface area contributed by atoms with Crippen LogP contribution in [0, 0.1) is 6.92 Å². The van der Waals surface area contributed by atoms with E-state index in [0.717, 1.165) is 24.6 Å². The summed E-state index contributed by atoms with van der Waals surface area (Å²) < 4.78 is 11.3. The highest BCUT2D eigenvalue weighted by Crippen LogP contribution is 2.37. The molecule has 3 rings (SSSR count). The van der Waals surface area contributed by atoms with Crippen LogP contribution in [0.1, 0.15) is 29.9 Å². The molecule has 1 aromatic carbocycles. The van der Waals surface area contributed by atoms with Crippen LogP contribution in [-0.2, 0) is 0 Å². The molecular formula is C14H19NO2. The molecule has 1 fully saturated rings. The predicted molar refractivity (Wildman–Crippen MR) is 67.0 cm³/mol. The zero-order valence-corrected chi connectivity index (χ0v) is 10.3. The summed E-state index contributed by atoms with van der Waals surface area (Å²) in [6.45, 7) is 5.76. The van der Waals surface area contributed by atoms with Gasteiger partial charge in [-0.05, 0) is 62.0 Å². The van der Waals surface area contributed by atoms with Gasteiger partial charge in [-0.2, -0.15) is 0 Å². The number of rotatable bonds is 1. The van der Waals surface area contributed by atoms with Crippen LogP contribution in [0.4, 0.5) is 0 Å². The van der Waals surface area contributed by atoms with Crippen LogP contribution in [0.2, 0.25) is 0 Å². The summed E-state index contributed by atoms with van der Waals surface area (Å²) in [4.78, 5) is 0. The lowest BCUT2D eigenvalue weighted by Gasteiger charge is -2.27. The summed E-state index contributed by atoms with van der Waals surface area (Å²) in [5, 5.41) is 3.41. The highest BCUT2D eigenvalue weighted by atomic mass is 16.6. The van der Waals surface area contributed by atoms with Crippen molar-refractivity contribution in [1.29, 1.82) is 0 Å². The van der Waals surface area contributed by atoms with Crippen LogP contribution in [-0.4, -0.2) is 26.3 Å². The Bertz CT molecular complexity index is 411. The van der Waals surface area contributed by atoms with E-state index >= 15 is 0 Å². The number of ether oxygens (including phenoxy) is 2. The molecule has 0 atom stereocenters. The van der Waals surface area contributed by atoms with E-state index < -0.39 is 0 Å². The molecule has 0 radical (unpaired) electrons. The van der Waals surface area contributed by atoms with Crippen molar-refractivity contribution < 1.29 is 9.47 Å². The van der Waals surface area contributed by atoms with Crippen LogP contribution < -0.4 is 14.8 Å². The maximum Gasteiger partial charge on any atom is 0.161 e. The largest absolute Gasteiger partial charge is 0.486 e. The summed E-state index contributed by atoms with van der Waals surface area (Å²) in [6.07, 6.45) is 2.45. The van der Waals surface area contributed by atoms with Crippen molar-refractivity contribution in [1.82, 2.24) is 5.32 Å². The molecule has 17 heavy (non-hydrogen) atoms. The molecule has 0 aromatic heterocycles. The molecule has 3 heteroatoms. The van der Waals surface area contributed by atoms with Gasteiger partial charge in [-0.15, -0.1) is 0 Å². The molecule has 92 valence electrons. The smallest absolute Gasteiger partial charge is 0.161 e. The van der Waals surface area contributed by atoms with Gasteiger partial charge in [0.25, 0.3) is 0 Å². The first-order valence-electron chi connectivity index (χ1n) is 6.45. The van der Waals surface area contributed by atoms with Crippen molar-refractivity contribution >= 4 is 0 Å². The Labute approximate surface area is 102 Å². The first-order chi connectivity index (χ1) is 8.34. The van der Waals surface area contributed by atoms with Crippen molar-refractivity contribution in [2.75, 3.05) is 26.3 Å². The van der Waals surface area contributed by atoms with Crippen molar-refractivity contribution in [2.45, 2.75) is 25.7 Å². The van der Waals surface area contributed by atoms with Gasteiger partial charge in [0, 0.05) is 0 Å². The molecule has 2 aliphatic rings. The second-order valence-corrected chi connectivity index (χ2v) is 4.88. The molecule has 0 aliphatic carbocycles. The molecule has 1 N–H and O–H groups in total. The Balaban J connectivity index is 1.93. The average Bonchev–Trinajstić information content (AvgIpc) is 2.39. The van der Waals surface area contributed by atoms with Gasteiger partial charge in [-0.3, -0.25) is 0 Å². The minimum absolute atomic E-state index is 0.666. The first kappa shape index (κ1) is 10.9. The second kappa shape index (κ2) is 4.57. The van der Waals surface area contributed by atoms with Crippen LogP contribution in [0.3, 0.4) is 0 Å². The van der Waals surface area contributed by atoms with E-state index in [1.807, 2.05) is 0 Å². The monoisotopic (exact) mass is 233 g/mol. The van der Waals surface area contributed by atoms with Gasteiger partial charge in [0.05, 0.1) is 0 Å². The van der Waals surface area contributed by atoms with E-state index in [2.05, 4.69) is 24.4 Å². The third-order valence-corrected chi connectivity index (χ3v) is 3.71. The number of fused-ring (bicyclic) bond motifs is 1. The van der Waals surface area contributed by atoms with Crippen LogP contribution in [0.15, 0.2) is 12.1 Å². The zero-order chi connectivity index (χ0) is 11.7. The second-order valence-electron chi connectivity index (χ2n) is 4.88. The van der Waals surface area contributed by atoms with Gasteiger partial charge in [-0.1, -0.05) is 0 Å². The van der Waals surface area contributed by atoms with Crippen molar-refractivity contribution in [3.63, 3.8) is 0 Å². The molecule has 0 unspecified atom stereocenters.